The quantitative estimate of drug-likeness (QED) is 0.327. The number of nitrogens with zero attached hydrogens (tertiary/aromatic N) is 4. The monoisotopic (exact) mass is 478 g/mol. The Labute approximate surface area is 195 Å². The Morgan fingerprint density at radius 2 is 1.96 bits per heavy atom. The minimum Gasteiger partial charge on any atom is -0.748 e. The molecule has 1 N–H and O–H groups in total. The van der Waals surface area contributed by atoms with Gasteiger partial charge in [-0.2, -0.15) is 0 Å². The minimum atomic E-state index is -4.23. The summed E-state index contributed by atoms with van der Waals surface area (Å²) in [7, 11) is -4.23. The van der Waals surface area contributed by atoms with Crippen LogP contribution in [0.5, 0.6) is 5.75 Å². The molecule has 0 radical (unpaired) electrons. The number of phenolic OH excluding ortho intramolecular Hbond substituents is 1. The van der Waals surface area contributed by atoms with Gasteiger partial charge in [0.15, 0.2) is 5.82 Å². The Morgan fingerprint density at radius 1 is 1.21 bits per heavy atom. The van der Waals surface area contributed by atoms with Crippen molar-refractivity contribution in [2.24, 2.45) is 10.2 Å². The van der Waals surface area contributed by atoms with Crippen molar-refractivity contribution >= 4 is 43.2 Å². The van der Waals surface area contributed by atoms with Crippen molar-refractivity contribution < 1.29 is 47.6 Å². The number of hydrogen-bond donors (Lipinski definition) is 1. The van der Waals surface area contributed by atoms with E-state index in [0.717, 1.165) is 16.6 Å². The maximum absolute atomic E-state index is 10.8. The van der Waals surface area contributed by atoms with Gasteiger partial charge < -0.3 is 14.6 Å². The molecule has 0 fully saturated rings. The van der Waals surface area contributed by atoms with Crippen LogP contribution in [-0.2, 0) is 10.1 Å². The summed E-state index contributed by atoms with van der Waals surface area (Å²) in [5.74, 6) is -0.0508. The molecule has 146 valence electrons. The van der Waals surface area contributed by atoms with Crippen molar-refractivity contribution in [1.29, 1.82) is 0 Å². The van der Waals surface area contributed by atoms with Crippen LogP contribution in [0.2, 0.25) is 0 Å². The fraction of sp³-hybridized carbons (Fsp3) is 0.353. The number of hydrogen-bond acceptors (Lipinski definition) is 8. The summed E-state index contributed by atoms with van der Waals surface area (Å²) in [5, 5.41) is 18.2. The van der Waals surface area contributed by atoms with E-state index in [9.17, 15) is 18.1 Å². The van der Waals surface area contributed by atoms with Gasteiger partial charge in [-0.25, -0.2) is 13.4 Å². The summed E-state index contributed by atoms with van der Waals surface area (Å²) in [6.07, 6.45) is 2.66. The number of halogens is 1. The summed E-state index contributed by atoms with van der Waals surface area (Å²) in [6.45, 7) is 3.06. The molecule has 0 unspecified atom stereocenters. The van der Waals surface area contributed by atoms with Gasteiger partial charge in [0, 0.05) is 41.3 Å². The molecule has 0 saturated heterocycles. The Bertz CT molecular complexity index is 895. The van der Waals surface area contributed by atoms with Gasteiger partial charge in [0.2, 0.25) is 0 Å². The van der Waals surface area contributed by atoms with Crippen molar-refractivity contribution in [3.05, 3.63) is 41.0 Å². The Hall–Kier alpha value is -1.04. The van der Waals surface area contributed by atoms with Crippen molar-refractivity contribution in [2.75, 3.05) is 23.7 Å². The fourth-order valence-corrected chi connectivity index (χ4v) is 3.11. The van der Waals surface area contributed by atoms with Gasteiger partial charge in [-0.15, -0.1) is 10.2 Å². The first-order chi connectivity index (χ1) is 12.8. The number of azo groups is 1. The zero-order valence-corrected chi connectivity index (χ0v) is 20.1. The molecule has 11 heteroatoms. The molecule has 0 aliphatic heterocycles. The summed E-state index contributed by atoms with van der Waals surface area (Å²) in [4.78, 5) is 5.99. The molecule has 1 aromatic carbocycles. The van der Waals surface area contributed by atoms with Crippen molar-refractivity contribution in [1.82, 2.24) is 4.98 Å². The molecule has 8 nitrogen and oxygen atoms in total. The second-order valence-corrected chi connectivity index (χ2v) is 8.25. The molecule has 1 heterocycles. The van der Waals surface area contributed by atoms with E-state index in [2.05, 4.69) is 31.1 Å². The first kappa shape index (κ1) is 25.0. The van der Waals surface area contributed by atoms with E-state index in [1.54, 1.807) is 36.5 Å². The minimum absolute atomic E-state index is 0. The molecule has 28 heavy (non-hydrogen) atoms. The molecule has 0 aliphatic rings. The van der Waals surface area contributed by atoms with Crippen LogP contribution < -0.4 is 34.5 Å². The van der Waals surface area contributed by atoms with Crippen LogP contribution in [0.25, 0.3) is 0 Å². The Kier molecular flexibility index (Phi) is 10.6. The van der Waals surface area contributed by atoms with E-state index >= 15 is 0 Å². The molecular weight excluding hydrogens is 459 g/mol. The predicted octanol–water partition coefficient (Wildman–Crippen LogP) is 1.12. The normalized spacial score (nSPS) is 11.4. The summed E-state index contributed by atoms with van der Waals surface area (Å²) in [5.41, 5.74) is 1.01. The van der Waals surface area contributed by atoms with E-state index in [1.165, 1.54) is 0 Å². The number of anilines is 1. The van der Waals surface area contributed by atoms with E-state index in [1.807, 2.05) is 11.8 Å². The average Bonchev–Trinajstić information content (AvgIpc) is 2.60. The molecule has 0 amide bonds. The van der Waals surface area contributed by atoms with Crippen molar-refractivity contribution in [2.45, 2.75) is 19.8 Å². The zero-order valence-electron chi connectivity index (χ0n) is 15.7. The molecule has 0 bridgehead atoms. The van der Waals surface area contributed by atoms with Crippen LogP contribution in [0.1, 0.15) is 19.8 Å². The molecule has 1 aromatic heterocycles. The molecule has 2 aromatic rings. The fourth-order valence-electron chi connectivity index (χ4n) is 2.40. The Morgan fingerprint density at radius 3 is 2.54 bits per heavy atom. The summed E-state index contributed by atoms with van der Waals surface area (Å²) < 4.78 is 33.1. The van der Waals surface area contributed by atoms with E-state index in [0.29, 0.717) is 24.6 Å². The molecule has 0 spiro atoms. The van der Waals surface area contributed by atoms with Crippen LogP contribution in [0.4, 0.5) is 17.2 Å². The van der Waals surface area contributed by atoms with Gasteiger partial charge in [0.25, 0.3) is 0 Å². The Balaban J connectivity index is 0.00000392. The molecule has 0 atom stereocenters. The first-order valence-electron chi connectivity index (χ1n) is 8.33. The number of aromatic hydroxyl groups is 1. The van der Waals surface area contributed by atoms with Gasteiger partial charge >= 0.3 is 29.6 Å². The van der Waals surface area contributed by atoms with Gasteiger partial charge in [0.1, 0.15) is 11.4 Å². The van der Waals surface area contributed by atoms with Crippen molar-refractivity contribution in [3.63, 3.8) is 0 Å². The third kappa shape index (κ3) is 8.54. The van der Waals surface area contributed by atoms with Gasteiger partial charge in [-0.1, -0.05) is 6.92 Å². The van der Waals surface area contributed by atoms with Crippen LogP contribution in [0.3, 0.4) is 0 Å². The van der Waals surface area contributed by atoms with Crippen LogP contribution in [0, 0.1) is 0 Å². The van der Waals surface area contributed by atoms with Gasteiger partial charge in [-0.3, -0.25) is 0 Å². The van der Waals surface area contributed by atoms with E-state index in [-0.39, 0.29) is 41.7 Å². The number of pyridine rings is 1. The maximum Gasteiger partial charge on any atom is 1.00 e. The number of benzene rings is 1. The first-order valence-corrected chi connectivity index (χ1v) is 10.7. The predicted molar refractivity (Wildman–Crippen MR) is 106 cm³/mol. The molecule has 2 rings (SSSR count). The van der Waals surface area contributed by atoms with E-state index in [4.69, 9.17) is 0 Å². The summed E-state index contributed by atoms with van der Waals surface area (Å²) in [6, 6.07) is 8.41. The van der Waals surface area contributed by atoms with Crippen LogP contribution in [-0.4, -0.2) is 41.9 Å². The van der Waals surface area contributed by atoms with Crippen molar-refractivity contribution in [3.8, 4) is 5.75 Å². The smallest absolute Gasteiger partial charge is 0.748 e. The number of phenols is 1. The average molecular weight is 479 g/mol. The number of aromatic nitrogens is 1. The SMILES string of the molecule is CCCN(CCCS(=O)(=O)[O-])c1ccc(N=Nc2ccc(Br)cn2)c(O)c1.[Na+]. The topological polar surface area (TPSA) is 118 Å². The standard InChI is InChI=1S/C17H21BrN4O4S.Na/c1-2-8-22(9-3-10-27(24,25)26)14-5-6-15(16(23)11-14)20-21-17-7-4-13(18)12-19-17;/h4-7,11-12,23H,2-3,8-10H2,1H3,(H,24,25,26);/q;+1/p-1. The van der Waals surface area contributed by atoms with Gasteiger partial charge in [0.05, 0.1) is 10.1 Å². The second-order valence-electron chi connectivity index (χ2n) is 5.81. The maximum atomic E-state index is 10.8. The third-order valence-corrected chi connectivity index (χ3v) is 4.87. The summed E-state index contributed by atoms with van der Waals surface area (Å²) >= 11 is 3.29. The number of rotatable bonds is 9. The molecule has 0 saturated carbocycles. The third-order valence-electron chi connectivity index (χ3n) is 3.61. The molecular formula is C17H20BrN4NaO4S. The van der Waals surface area contributed by atoms with E-state index < -0.39 is 15.9 Å². The van der Waals surface area contributed by atoms with Crippen LogP contribution in [0.15, 0.2) is 51.2 Å². The molecule has 0 aliphatic carbocycles. The second kappa shape index (κ2) is 11.8. The largest absolute Gasteiger partial charge is 1.00 e. The van der Waals surface area contributed by atoms with Gasteiger partial charge in [-0.05, 0) is 53.0 Å². The zero-order chi connectivity index (χ0) is 19.9. The van der Waals surface area contributed by atoms with Crippen LogP contribution >= 0.6 is 15.9 Å².